The maximum absolute atomic E-state index is 12.8. The van der Waals surface area contributed by atoms with Crippen molar-refractivity contribution >= 4 is 11.7 Å². The van der Waals surface area contributed by atoms with E-state index in [1.807, 2.05) is 24.3 Å². The fourth-order valence-electron chi connectivity index (χ4n) is 4.29. The summed E-state index contributed by atoms with van der Waals surface area (Å²) in [7, 11) is 4.60. The van der Waals surface area contributed by atoms with Crippen molar-refractivity contribution in [1.29, 1.82) is 0 Å². The number of rotatable bonds is 8. The van der Waals surface area contributed by atoms with Crippen LogP contribution in [0.4, 0.5) is 10.5 Å². The zero-order chi connectivity index (χ0) is 24.8. The van der Waals surface area contributed by atoms with Crippen molar-refractivity contribution in [2.75, 3.05) is 52.9 Å². The average molecular weight is 488 g/mol. The molecule has 2 aliphatic rings. The first-order valence-corrected chi connectivity index (χ1v) is 11.7. The molecular formula is C25H33N3O7. The highest BCUT2D eigenvalue weighted by atomic mass is 16.6. The first kappa shape index (κ1) is 24.7. The Bertz CT molecular complexity index is 985. The Morgan fingerprint density at radius 3 is 2.37 bits per heavy atom. The van der Waals surface area contributed by atoms with Crippen LogP contribution in [0.1, 0.15) is 12.8 Å². The Kier molecular flexibility index (Phi) is 8.04. The van der Waals surface area contributed by atoms with Crippen LogP contribution in [0, 0.1) is 0 Å². The van der Waals surface area contributed by atoms with Crippen molar-refractivity contribution in [3.05, 3.63) is 36.4 Å². The van der Waals surface area contributed by atoms with E-state index in [0.29, 0.717) is 60.7 Å². The van der Waals surface area contributed by atoms with Gasteiger partial charge in [0.1, 0.15) is 12.7 Å². The summed E-state index contributed by atoms with van der Waals surface area (Å²) < 4.78 is 27.6. The number of methoxy groups -OCH3 is 3. The minimum absolute atomic E-state index is 0.191. The number of hydrogen-bond acceptors (Lipinski definition) is 8. The number of benzene rings is 2. The molecule has 2 amide bonds. The van der Waals surface area contributed by atoms with Crippen LogP contribution >= 0.6 is 0 Å². The predicted octanol–water partition coefficient (Wildman–Crippen LogP) is 2.50. The number of carbonyl (C=O) groups excluding carboxylic acids is 1. The number of para-hydroxylation sites is 2. The number of aliphatic hydroxyl groups excluding tert-OH is 1. The van der Waals surface area contributed by atoms with Crippen LogP contribution in [0.5, 0.6) is 28.7 Å². The first-order valence-electron chi connectivity index (χ1n) is 11.7. The topological polar surface area (TPSA) is 111 Å². The van der Waals surface area contributed by atoms with E-state index in [4.69, 9.17) is 23.7 Å². The van der Waals surface area contributed by atoms with Crippen LogP contribution < -0.4 is 34.3 Å². The molecule has 2 aliphatic heterocycles. The number of hydrogen-bond donors (Lipinski definition) is 3. The Morgan fingerprint density at radius 2 is 1.74 bits per heavy atom. The second-order valence-electron chi connectivity index (χ2n) is 8.50. The average Bonchev–Trinajstić information content (AvgIpc) is 2.91. The van der Waals surface area contributed by atoms with Crippen molar-refractivity contribution < 1.29 is 33.6 Å². The standard InChI is InChI=1S/C25H33N3O7/c1-31-21-12-17(13-22(32-2)24(21)33-3)27-25(30)28-10-8-16(9-11-28)26-14-18(29)23-15-34-19-6-4-5-7-20(19)35-23/h4-7,12-13,16,18,23,26,29H,8-11,14-15H2,1-3H3,(H,27,30). The number of likely N-dealkylation sites (tertiary alicyclic amines) is 1. The highest BCUT2D eigenvalue weighted by Crippen LogP contribution is 2.40. The molecule has 2 aromatic carbocycles. The number of nitrogens with zero attached hydrogens (tertiary/aromatic N) is 1. The van der Waals surface area contributed by atoms with E-state index in [9.17, 15) is 9.90 Å². The molecule has 0 spiro atoms. The number of nitrogens with one attached hydrogen (secondary N) is 2. The molecular weight excluding hydrogens is 454 g/mol. The van der Waals surface area contributed by atoms with E-state index >= 15 is 0 Å². The van der Waals surface area contributed by atoms with Crippen molar-refractivity contribution in [1.82, 2.24) is 10.2 Å². The smallest absolute Gasteiger partial charge is 0.321 e. The van der Waals surface area contributed by atoms with E-state index in [2.05, 4.69) is 10.6 Å². The van der Waals surface area contributed by atoms with Crippen molar-refractivity contribution in [3.63, 3.8) is 0 Å². The maximum atomic E-state index is 12.8. The third kappa shape index (κ3) is 5.83. The van der Waals surface area contributed by atoms with Crippen molar-refractivity contribution in [3.8, 4) is 28.7 Å². The molecule has 2 unspecified atom stereocenters. The minimum atomic E-state index is -0.704. The van der Waals surface area contributed by atoms with E-state index in [0.717, 1.165) is 12.8 Å². The summed E-state index contributed by atoms with van der Waals surface area (Å²) >= 11 is 0. The number of amides is 2. The van der Waals surface area contributed by atoms with Gasteiger partial charge in [0.2, 0.25) is 5.75 Å². The fourth-order valence-corrected chi connectivity index (χ4v) is 4.29. The fraction of sp³-hybridized carbons (Fsp3) is 0.480. The number of fused-ring (bicyclic) bond motifs is 1. The van der Waals surface area contributed by atoms with Crippen molar-refractivity contribution in [2.24, 2.45) is 0 Å². The van der Waals surface area contributed by atoms with Crippen LogP contribution in [-0.4, -0.2) is 81.9 Å². The van der Waals surface area contributed by atoms with Crippen LogP contribution in [0.2, 0.25) is 0 Å². The maximum Gasteiger partial charge on any atom is 0.321 e. The highest BCUT2D eigenvalue weighted by molar-refractivity contribution is 5.90. The molecule has 0 saturated carbocycles. The van der Waals surface area contributed by atoms with Gasteiger partial charge in [-0.25, -0.2) is 4.79 Å². The molecule has 0 bridgehead atoms. The second-order valence-corrected chi connectivity index (χ2v) is 8.50. The van der Waals surface area contributed by atoms with Gasteiger partial charge >= 0.3 is 6.03 Å². The molecule has 3 N–H and O–H groups in total. The Balaban J connectivity index is 1.23. The Morgan fingerprint density at radius 1 is 1.09 bits per heavy atom. The summed E-state index contributed by atoms with van der Waals surface area (Å²) in [6, 6.07) is 10.9. The zero-order valence-corrected chi connectivity index (χ0v) is 20.3. The van der Waals surface area contributed by atoms with Gasteiger partial charge < -0.3 is 44.3 Å². The van der Waals surface area contributed by atoms with Gasteiger partial charge in [0.15, 0.2) is 29.1 Å². The molecule has 0 aromatic heterocycles. The Labute approximate surface area is 205 Å². The van der Waals surface area contributed by atoms with Gasteiger partial charge in [0.25, 0.3) is 0 Å². The largest absolute Gasteiger partial charge is 0.493 e. The summed E-state index contributed by atoms with van der Waals surface area (Å²) in [6.07, 6.45) is 0.423. The molecule has 0 aliphatic carbocycles. The van der Waals surface area contributed by atoms with Gasteiger partial charge in [0.05, 0.1) is 27.0 Å². The molecule has 2 aromatic rings. The lowest BCUT2D eigenvalue weighted by Crippen LogP contribution is -2.50. The number of piperidine rings is 1. The zero-order valence-electron chi connectivity index (χ0n) is 20.3. The lowest BCUT2D eigenvalue weighted by atomic mass is 10.0. The minimum Gasteiger partial charge on any atom is -0.493 e. The summed E-state index contributed by atoms with van der Waals surface area (Å²) in [5.74, 6) is 2.76. The van der Waals surface area contributed by atoms with E-state index in [-0.39, 0.29) is 12.1 Å². The van der Waals surface area contributed by atoms with E-state index < -0.39 is 12.2 Å². The molecule has 1 saturated heterocycles. The SMILES string of the molecule is COc1cc(NC(=O)N2CCC(NCC(O)C3COc4ccccc4O3)CC2)cc(OC)c1OC. The van der Waals surface area contributed by atoms with Gasteiger partial charge in [-0.2, -0.15) is 0 Å². The third-order valence-corrected chi connectivity index (χ3v) is 6.27. The van der Waals surface area contributed by atoms with Gasteiger partial charge in [-0.15, -0.1) is 0 Å². The second kappa shape index (κ2) is 11.4. The number of ether oxygens (including phenoxy) is 5. The lowest BCUT2D eigenvalue weighted by molar-refractivity contribution is -0.0108. The summed E-state index contributed by atoms with van der Waals surface area (Å²) in [5.41, 5.74) is 0.559. The molecule has 2 atom stereocenters. The van der Waals surface area contributed by atoms with E-state index in [1.165, 1.54) is 21.3 Å². The van der Waals surface area contributed by atoms with Crippen LogP contribution in [-0.2, 0) is 0 Å². The summed E-state index contributed by atoms with van der Waals surface area (Å²) in [5, 5.41) is 16.9. The van der Waals surface area contributed by atoms with Gasteiger partial charge in [-0.3, -0.25) is 0 Å². The number of anilines is 1. The van der Waals surface area contributed by atoms with E-state index in [1.54, 1.807) is 17.0 Å². The quantitative estimate of drug-likeness (QED) is 0.521. The molecule has 1 fully saturated rings. The molecule has 35 heavy (non-hydrogen) atoms. The van der Waals surface area contributed by atoms with Crippen LogP contribution in [0.25, 0.3) is 0 Å². The molecule has 10 nitrogen and oxygen atoms in total. The van der Waals surface area contributed by atoms with Gasteiger partial charge in [-0.05, 0) is 25.0 Å². The van der Waals surface area contributed by atoms with Crippen molar-refractivity contribution in [2.45, 2.75) is 31.1 Å². The summed E-state index contributed by atoms with van der Waals surface area (Å²) in [6.45, 7) is 1.89. The monoisotopic (exact) mass is 487 g/mol. The molecule has 2 heterocycles. The molecule has 0 radical (unpaired) electrons. The summed E-state index contributed by atoms with van der Waals surface area (Å²) in [4.78, 5) is 14.6. The number of carbonyl (C=O) groups is 1. The lowest BCUT2D eigenvalue weighted by Gasteiger charge is -2.34. The highest BCUT2D eigenvalue weighted by Gasteiger charge is 2.29. The molecule has 190 valence electrons. The molecule has 4 rings (SSSR count). The van der Waals surface area contributed by atoms with Gasteiger partial charge in [-0.1, -0.05) is 12.1 Å². The third-order valence-electron chi connectivity index (χ3n) is 6.27. The number of urea groups is 1. The van der Waals surface area contributed by atoms with Gasteiger partial charge in [0, 0.05) is 37.8 Å². The first-order chi connectivity index (χ1) is 17.0. The normalized spacial score (nSPS) is 18.5. The van der Waals surface area contributed by atoms with Crippen LogP contribution in [0.15, 0.2) is 36.4 Å². The Hall–Kier alpha value is -3.37. The number of aliphatic hydroxyl groups is 1. The molecule has 10 heteroatoms. The predicted molar refractivity (Wildman–Crippen MR) is 130 cm³/mol. The van der Waals surface area contributed by atoms with Crippen LogP contribution in [0.3, 0.4) is 0 Å².